The molecule has 2 unspecified atom stereocenters. The first-order chi connectivity index (χ1) is 21.5. The molecule has 0 fully saturated rings. The van der Waals surface area contributed by atoms with Crippen LogP contribution < -0.4 is 10.6 Å². The van der Waals surface area contributed by atoms with Crippen LogP contribution in [0.4, 0.5) is 14.4 Å². The van der Waals surface area contributed by atoms with E-state index in [-0.39, 0.29) is 17.1 Å². The van der Waals surface area contributed by atoms with Gasteiger partial charge >= 0.3 is 12.2 Å². The number of carbonyl (C=O) groups excluding carboxylic acids is 3. The summed E-state index contributed by atoms with van der Waals surface area (Å²) in [6, 6.07) is 20.8. The molecular weight excluding hydrogens is 588 g/mol. The molecule has 1 aliphatic rings. The highest BCUT2D eigenvalue weighted by molar-refractivity contribution is 7.96. The number of amides is 2. The number of nitrogens with one attached hydrogen (secondary N) is 2. The van der Waals surface area contributed by atoms with Crippen molar-refractivity contribution in [1.82, 2.24) is 20.2 Å². The molecule has 1 aromatic heterocycles. The molecule has 2 aromatic carbocycles. The molecule has 2 amide bonds. The maximum atomic E-state index is 12.9. The number of hydrogen-bond donors (Lipinski definition) is 3. The number of nitrogens with zero attached hydrogens (tertiary/aromatic N) is 2. The first-order valence-corrected chi connectivity index (χ1v) is 15.5. The van der Waals surface area contributed by atoms with Gasteiger partial charge < -0.3 is 14.8 Å². The standard InChI is InChI=1S/C31H40N2O4.C4H4N2OS/c1-6-24(19-14-22-32-28(34)36-5)31(25-17-11-8-12-18-25)21-13-20-26(33-29(35)37-30(2,3)4)27(31)23-15-9-7-10-16-23;7-4(8)6-2-1-5-3-6/h7-13,15-18,20-21,24,27H,6,14,19,22H2,1-5H3,(H,32,34)(H,33,35);1-3H,(H,7,8)/t24-,27?,31?;/m0./s1. The van der Waals surface area contributed by atoms with Crippen LogP contribution in [0.1, 0.15) is 64.0 Å². The van der Waals surface area contributed by atoms with Gasteiger partial charge in [-0.1, -0.05) is 98.8 Å². The second-order valence-electron chi connectivity index (χ2n) is 11.7. The Balaban J connectivity index is 0.000000598. The van der Waals surface area contributed by atoms with Gasteiger partial charge in [-0.15, -0.1) is 0 Å². The summed E-state index contributed by atoms with van der Waals surface area (Å²) in [7, 11) is 1.37. The topological polar surface area (TPSA) is 112 Å². The summed E-state index contributed by atoms with van der Waals surface area (Å²) in [5.74, 6) is 0.0760. The van der Waals surface area contributed by atoms with Crippen LogP contribution in [-0.2, 0) is 14.9 Å². The molecule has 3 aromatic rings. The predicted molar refractivity (Wildman–Crippen MR) is 179 cm³/mol. The van der Waals surface area contributed by atoms with Crippen molar-refractivity contribution in [3.63, 3.8) is 0 Å². The Morgan fingerprint density at radius 1 is 1.04 bits per heavy atom. The number of ether oxygens (including phenoxy) is 2. The van der Waals surface area contributed by atoms with Gasteiger partial charge in [0.25, 0.3) is 5.24 Å². The highest BCUT2D eigenvalue weighted by Gasteiger charge is 2.47. The molecule has 10 heteroatoms. The Labute approximate surface area is 271 Å². The summed E-state index contributed by atoms with van der Waals surface area (Å²) < 4.78 is 11.6. The van der Waals surface area contributed by atoms with Crippen molar-refractivity contribution in [2.45, 2.75) is 63.9 Å². The molecule has 3 atom stereocenters. The second-order valence-corrected chi connectivity index (χ2v) is 12.1. The van der Waals surface area contributed by atoms with Crippen LogP contribution in [0, 0.1) is 5.92 Å². The smallest absolute Gasteiger partial charge is 0.411 e. The van der Waals surface area contributed by atoms with Gasteiger partial charge in [0.15, 0.2) is 0 Å². The van der Waals surface area contributed by atoms with E-state index in [4.69, 9.17) is 9.47 Å². The quantitative estimate of drug-likeness (QED) is 0.165. The van der Waals surface area contributed by atoms with Crippen molar-refractivity contribution in [2.75, 3.05) is 13.7 Å². The van der Waals surface area contributed by atoms with Crippen molar-refractivity contribution in [1.29, 1.82) is 0 Å². The normalized spacial score (nSPS) is 18.0. The van der Waals surface area contributed by atoms with Crippen LogP contribution >= 0.6 is 12.6 Å². The van der Waals surface area contributed by atoms with E-state index < -0.39 is 23.2 Å². The molecule has 9 nitrogen and oxygen atoms in total. The van der Waals surface area contributed by atoms with Gasteiger partial charge in [-0.05, 0) is 56.7 Å². The minimum absolute atomic E-state index is 0.146. The van der Waals surface area contributed by atoms with Crippen LogP contribution in [-0.4, -0.2) is 46.2 Å². The molecule has 0 radical (unpaired) electrons. The summed E-state index contributed by atoms with van der Waals surface area (Å²) in [5.41, 5.74) is 2.07. The number of alkyl carbamates (subject to hydrolysis) is 2. The molecule has 4 rings (SSSR count). The lowest BCUT2D eigenvalue weighted by Gasteiger charge is -2.48. The van der Waals surface area contributed by atoms with Crippen molar-refractivity contribution in [3.05, 3.63) is 114 Å². The number of benzene rings is 2. The zero-order chi connectivity index (χ0) is 32.9. The molecular formula is C35H44N4O5S. The van der Waals surface area contributed by atoms with Gasteiger partial charge in [-0.2, -0.15) is 0 Å². The monoisotopic (exact) mass is 632 g/mol. The van der Waals surface area contributed by atoms with E-state index in [1.165, 1.54) is 36.0 Å². The van der Waals surface area contributed by atoms with Gasteiger partial charge in [0.1, 0.15) is 11.9 Å². The van der Waals surface area contributed by atoms with Crippen molar-refractivity contribution in [3.8, 4) is 0 Å². The van der Waals surface area contributed by atoms with Gasteiger partial charge in [0.2, 0.25) is 0 Å². The van der Waals surface area contributed by atoms with Gasteiger partial charge in [-0.25, -0.2) is 14.6 Å². The maximum absolute atomic E-state index is 12.9. The van der Waals surface area contributed by atoms with Crippen molar-refractivity contribution >= 4 is 30.1 Å². The van der Waals surface area contributed by atoms with Gasteiger partial charge in [-0.3, -0.25) is 14.7 Å². The fraction of sp³-hybridized carbons (Fsp3) is 0.371. The Morgan fingerprint density at radius 2 is 1.71 bits per heavy atom. The van der Waals surface area contributed by atoms with Gasteiger partial charge in [0.05, 0.1) is 7.11 Å². The van der Waals surface area contributed by atoms with Crippen LogP contribution in [0.25, 0.3) is 0 Å². The van der Waals surface area contributed by atoms with E-state index in [1.54, 1.807) is 0 Å². The van der Waals surface area contributed by atoms with E-state index >= 15 is 0 Å². The third kappa shape index (κ3) is 9.84. The first-order valence-electron chi connectivity index (χ1n) is 15.0. The molecule has 1 heterocycles. The number of thiol groups is 1. The Hall–Kier alpha value is -4.31. The van der Waals surface area contributed by atoms with E-state index in [1.807, 2.05) is 51.1 Å². The average molecular weight is 633 g/mol. The number of carbonyl (C=O) groups is 3. The van der Waals surface area contributed by atoms with Gasteiger partial charge in [0, 0.05) is 36.0 Å². The number of imidazole rings is 1. The molecule has 0 aliphatic heterocycles. The molecule has 2 N–H and O–H groups in total. The predicted octanol–water partition coefficient (Wildman–Crippen LogP) is 7.63. The van der Waals surface area contributed by atoms with E-state index in [9.17, 15) is 14.4 Å². The summed E-state index contributed by atoms with van der Waals surface area (Å²) in [4.78, 5) is 38.5. The lowest BCUT2D eigenvalue weighted by atomic mass is 9.56. The van der Waals surface area contributed by atoms with Crippen molar-refractivity contribution in [2.24, 2.45) is 5.92 Å². The summed E-state index contributed by atoms with van der Waals surface area (Å²) in [5, 5.41) is 5.58. The fourth-order valence-corrected chi connectivity index (χ4v) is 5.88. The van der Waals surface area contributed by atoms with E-state index in [0.29, 0.717) is 6.54 Å². The SMILES string of the molecule is CC[C@@H](CCCNC(=O)OC)C1(c2ccccc2)C=CC=C(NC(=O)OC(C)(C)C)C1c1ccccc1.O=C(S)n1ccnc1. The number of allylic oxidation sites excluding steroid dienone is 4. The maximum Gasteiger partial charge on any atom is 0.411 e. The lowest BCUT2D eigenvalue weighted by Crippen LogP contribution is -2.45. The molecule has 0 spiro atoms. The number of hydrogen-bond acceptors (Lipinski definition) is 6. The second kappa shape index (κ2) is 16.7. The minimum Gasteiger partial charge on any atom is -0.453 e. The zero-order valence-electron chi connectivity index (χ0n) is 26.6. The summed E-state index contributed by atoms with van der Waals surface area (Å²) in [6.07, 6.45) is 12.5. The highest BCUT2D eigenvalue weighted by atomic mass is 32.1. The Morgan fingerprint density at radius 3 is 2.24 bits per heavy atom. The van der Waals surface area contributed by atoms with E-state index in [0.717, 1.165) is 30.5 Å². The largest absolute Gasteiger partial charge is 0.453 e. The van der Waals surface area contributed by atoms with Crippen LogP contribution in [0.2, 0.25) is 0 Å². The third-order valence-corrected chi connectivity index (χ3v) is 7.80. The van der Waals surface area contributed by atoms with E-state index in [2.05, 4.69) is 83.7 Å². The number of rotatable bonds is 9. The highest BCUT2D eigenvalue weighted by Crippen LogP contribution is 2.53. The van der Waals surface area contributed by atoms with Crippen LogP contribution in [0.5, 0.6) is 0 Å². The third-order valence-electron chi connectivity index (χ3n) is 7.57. The number of methoxy groups -OCH3 is 1. The molecule has 1 aliphatic carbocycles. The molecule has 240 valence electrons. The van der Waals surface area contributed by atoms with Crippen molar-refractivity contribution < 1.29 is 23.9 Å². The summed E-state index contributed by atoms with van der Waals surface area (Å²) in [6.45, 7) is 8.32. The lowest BCUT2D eigenvalue weighted by molar-refractivity contribution is 0.0538. The molecule has 0 saturated carbocycles. The number of aromatic nitrogens is 2. The Bertz CT molecular complexity index is 1440. The fourth-order valence-electron chi connectivity index (χ4n) is 5.76. The first kappa shape index (κ1) is 35.2. The minimum atomic E-state index is -0.605. The van der Waals surface area contributed by atoms with Crippen LogP contribution in [0.15, 0.2) is 103 Å². The molecule has 0 saturated heterocycles. The average Bonchev–Trinajstić information content (AvgIpc) is 3.57. The molecule has 0 bridgehead atoms. The molecule has 45 heavy (non-hydrogen) atoms. The van der Waals surface area contributed by atoms with Crippen LogP contribution in [0.3, 0.4) is 0 Å². The Kier molecular flexibility index (Phi) is 13.0. The summed E-state index contributed by atoms with van der Waals surface area (Å²) >= 11 is 3.54. The zero-order valence-corrected chi connectivity index (χ0v) is 27.5.